The zero-order valence-corrected chi connectivity index (χ0v) is 11.5. The first-order valence-corrected chi connectivity index (χ1v) is 6.91. The fraction of sp³-hybridized carbons (Fsp3) is 0.0556. The van der Waals surface area contributed by atoms with E-state index in [2.05, 4.69) is 4.98 Å². The predicted molar refractivity (Wildman–Crippen MR) is 83.6 cm³/mol. The average molecular weight is 286 g/mol. The summed E-state index contributed by atoms with van der Waals surface area (Å²) in [5, 5.41) is 12.3. The summed E-state index contributed by atoms with van der Waals surface area (Å²) < 4.78 is 0. The molecule has 4 heteroatoms. The Bertz CT molecular complexity index is 1150. The minimum Gasteiger partial charge on any atom is -0.361 e. The summed E-state index contributed by atoms with van der Waals surface area (Å²) in [5.41, 5.74) is 1.17. The van der Waals surface area contributed by atoms with Crippen molar-refractivity contribution < 1.29 is 4.79 Å². The molecular weight excluding hydrogens is 276 g/mol. The van der Waals surface area contributed by atoms with Crippen LogP contribution in [0.4, 0.5) is 0 Å². The Kier molecular flexibility index (Phi) is 2.51. The van der Waals surface area contributed by atoms with Gasteiger partial charge in [0.15, 0.2) is 11.2 Å². The maximum absolute atomic E-state index is 12.3. The van der Waals surface area contributed by atoms with Gasteiger partial charge in [-0.2, -0.15) is 5.26 Å². The third kappa shape index (κ3) is 1.57. The number of hydrogen-bond acceptors (Lipinski definition) is 3. The fourth-order valence-corrected chi connectivity index (χ4v) is 3.08. The molecule has 1 aromatic rings. The largest absolute Gasteiger partial charge is 0.361 e. The molecule has 0 saturated carbocycles. The van der Waals surface area contributed by atoms with Gasteiger partial charge in [-0.15, -0.1) is 0 Å². The molecule has 0 fully saturated rings. The van der Waals surface area contributed by atoms with Crippen molar-refractivity contribution in [3.05, 3.63) is 57.3 Å². The highest BCUT2D eigenvalue weighted by Crippen LogP contribution is 2.24. The molecule has 0 atom stereocenters. The van der Waals surface area contributed by atoms with E-state index in [0.29, 0.717) is 16.3 Å². The average Bonchev–Trinajstić information content (AvgIpc) is 2.54. The van der Waals surface area contributed by atoms with Gasteiger partial charge in [0.05, 0.1) is 0 Å². The van der Waals surface area contributed by atoms with Crippen LogP contribution in [0.2, 0.25) is 0 Å². The number of aromatic amines is 1. The Morgan fingerprint density at radius 2 is 2.00 bits per heavy atom. The van der Waals surface area contributed by atoms with Crippen LogP contribution >= 0.6 is 0 Å². The van der Waals surface area contributed by atoms with E-state index in [9.17, 15) is 14.9 Å². The van der Waals surface area contributed by atoms with E-state index in [1.54, 1.807) is 18.3 Å². The van der Waals surface area contributed by atoms with E-state index in [4.69, 9.17) is 0 Å². The molecular formula is C18H10N2O2. The number of hydrogen-bond donors (Lipinski definition) is 1. The minimum atomic E-state index is -0.212. The van der Waals surface area contributed by atoms with Gasteiger partial charge in [-0.3, -0.25) is 9.59 Å². The number of rotatable bonds is 0. The van der Waals surface area contributed by atoms with Gasteiger partial charge in [0.25, 0.3) is 0 Å². The zero-order valence-electron chi connectivity index (χ0n) is 11.5. The van der Waals surface area contributed by atoms with E-state index >= 15 is 0 Å². The lowest BCUT2D eigenvalue weighted by Gasteiger charge is -2.13. The second kappa shape index (κ2) is 4.40. The monoisotopic (exact) mass is 286 g/mol. The normalized spacial score (nSPS) is 13.8. The molecule has 3 aliphatic rings. The van der Waals surface area contributed by atoms with Crippen molar-refractivity contribution >= 4 is 28.2 Å². The Morgan fingerprint density at radius 3 is 2.82 bits per heavy atom. The van der Waals surface area contributed by atoms with Crippen LogP contribution in [0, 0.1) is 11.3 Å². The van der Waals surface area contributed by atoms with E-state index < -0.39 is 0 Å². The quantitative estimate of drug-likeness (QED) is 0.628. The van der Waals surface area contributed by atoms with Crippen LogP contribution in [0.1, 0.15) is 6.42 Å². The zero-order chi connectivity index (χ0) is 15.3. The number of ketones is 1. The molecule has 1 aliphatic heterocycles. The third-order valence-electron chi connectivity index (χ3n) is 4.08. The van der Waals surface area contributed by atoms with Crippen LogP contribution in [-0.2, 0) is 4.79 Å². The maximum Gasteiger partial charge on any atom is 0.188 e. The lowest BCUT2D eigenvalue weighted by Crippen LogP contribution is -2.38. The molecule has 0 unspecified atom stereocenters. The van der Waals surface area contributed by atoms with Crippen molar-refractivity contribution in [1.29, 1.82) is 5.26 Å². The Balaban J connectivity index is 2.45. The molecule has 0 saturated heterocycles. The lowest BCUT2D eigenvalue weighted by molar-refractivity contribution is -0.112. The number of H-pyrrole nitrogens is 1. The summed E-state index contributed by atoms with van der Waals surface area (Å²) in [6.07, 6.45) is 3.63. The van der Waals surface area contributed by atoms with Crippen molar-refractivity contribution in [3.8, 4) is 17.2 Å². The number of aromatic nitrogens is 1. The molecule has 0 spiro atoms. The van der Waals surface area contributed by atoms with Crippen LogP contribution in [0.3, 0.4) is 0 Å². The van der Waals surface area contributed by atoms with Crippen LogP contribution in [0.5, 0.6) is 0 Å². The van der Waals surface area contributed by atoms with Crippen LogP contribution in [0.25, 0.3) is 33.5 Å². The molecule has 104 valence electrons. The summed E-state index contributed by atoms with van der Waals surface area (Å²) in [6.45, 7) is 0. The highest BCUT2D eigenvalue weighted by Gasteiger charge is 2.20. The molecule has 0 aromatic heterocycles. The number of benzene rings is 2. The van der Waals surface area contributed by atoms with Crippen molar-refractivity contribution in [1.82, 2.24) is 4.98 Å². The Labute approximate surface area is 125 Å². The first kappa shape index (κ1) is 12.5. The van der Waals surface area contributed by atoms with E-state index in [1.807, 2.05) is 30.3 Å². The van der Waals surface area contributed by atoms with Crippen LogP contribution in [0.15, 0.2) is 41.3 Å². The second-order valence-electron chi connectivity index (χ2n) is 5.28. The highest BCUT2D eigenvalue weighted by atomic mass is 16.1. The van der Waals surface area contributed by atoms with E-state index in [0.717, 1.165) is 16.1 Å². The molecule has 4 nitrogen and oxygen atoms in total. The minimum absolute atomic E-state index is 0.120. The fourth-order valence-electron chi connectivity index (χ4n) is 3.08. The van der Waals surface area contributed by atoms with Gasteiger partial charge in [-0.25, -0.2) is 0 Å². The van der Waals surface area contributed by atoms with Gasteiger partial charge < -0.3 is 4.98 Å². The maximum atomic E-state index is 12.3. The first-order chi connectivity index (χ1) is 10.7. The second-order valence-corrected chi connectivity index (χ2v) is 5.28. The molecule has 1 N–H and O–H groups in total. The molecule has 22 heavy (non-hydrogen) atoms. The summed E-state index contributed by atoms with van der Waals surface area (Å²) in [5.74, 6) is -0.212. The molecule has 0 bridgehead atoms. The van der Waals surface area contributed by atoms with Crippen molar-refractivity contribution in [2.45, 2.75) is 6.42 Å². The number of nitrogens with zero attached hydrogens (tertiary/aromatic N) is 1. The molecule has 0 radical (unpaired) electrons. The van der Waals surface area contributed by atoms with Gasteiger partial charge in [0, 0.05) is 34.3 Å². The molecule has 1 aromatic carbocycles. The number of Topliss-reactive ketones (excluding diaryl/α,β-unsaturated/α-hetero) is 1. The van der Waals surface area contributed by atoms with Gasteiger partial charge in [0.1, 0.15) is 11.6 Å². The Morgan fingerprint density at radius 1 is 1.18 bits per heavy atom. The van der Waals surface area contributed by atoms with Crippen molar-refractivity contribution in [2.75, 3.05) is 0 Å². The summed E-state index contributed by atoms with van der Waals surface area (Å²) in [7, 11) is 0. The summed E-state index contributed by atoms with van der Waals surface area (Å²) in [6, 6.07) is 11.1. The van der Waals surface area contributed by atoms with Crippen molar-refractivity contribution in [3.63, 3.8) is 0 Å². The topological polar surface area (TPSA) is 73.7 Å². The number of pyridine rings is 1. The summed E-state index contributed by atoms with van der Waals surface area (Å²) >= 11 is 0. The highest BCUT2D eigenvalue weighted by molar-refractivity contribution is 6.23. The number of fused-ring (bicyclic) bond motifs is 5. The summed E-state index contributed by atoms with van der Waals surface area (Å²) in [4.78, 5) is 27.5. The number of carbonyl (C=O) groups excluding carboxylic acids is 1. The molecule has 1 heterocycles. The van der Waals surface area contributed by atoms with Gasteiger partial charge in [-0.1, -0.05) is 30.3 Å². The molecule has 0 amide bonds. The van der Waals surface area contributed by atoms with Crippen LogP contribution in [-0.4, -0.2) is 10.8 Å². The smallest absolute Gasteiger partial charge is 0.188 e. The predicted octanol–water partition coefficient (Wildman–Crippen LogP) is 1.06. The van der Waals surface area contributed by atoms with E-state index in [1.165, 1.54) is 0 Å². The first-order valence-electron chi connectivity index (χ1n) is 6.91. The molecule has 2 aliphatic carbocycles. The third-order valence-corrected chi connectivity index (χ3v) is 4.08. The molecule has 4 rings (SSSR count). The number of carbonyl (C=O) groups is 1. The lowest BCUT2D eigenvalue weighted by atomic mass is 9.90. The van der Waals surface area contributed by atoms with Gasteiger partial charge in [-0.05, 0) is 16.8 Å². The number of nitrogens with one attached hydrogen (secondary N) is 1. The SMILES string of the molecule is N#CC1=c2c3c4ccccc4cc(=O)c-3c[nH]c2=CCC1=O. The van der Waals surface area contributed by atoms with Crippen molar-refractivity contribution in [2.24, 2.45) is 0 Å². The van der Waals surface area contributed by atoms with Gasteiger partial charge in [0.2, 0.25) is 0 Å². The standard InChI is InChI=1S/C18H10N2O2/c19-8-12-15(21)6-5-14-18(12)17-11-4-2-1-3-10(11)7-16(22)13(17)9-20-14/h1-5,7,9,20H,6H2. The van der Waals surface area contributed by atoms with Gasteiger partial charge >= 0.3 is 0 Å². The van der Waals surface area contributed by atoms with E-state index in [-0.39, 0.29) is 23.2 Å². The van der Waals surface area contributed by atoms with Crippen LogP contribution < -0.4 is 16.0 Å². The number of nitriles is 1. The Hall–Kier alpha value is -3.19.